The molecule has 1 saturated heterocycles. The first-order valence-corrected chi connectivity index (χ1v) is 10.3. The minimum atomic E-state index is -4.01. The van der Waals surface area contributed by atoms with E-state index in [1.165, 1.54) is 24.1 Å². The zero-order valence-corrected chi connectivity index (χ0v) is 16.5. The highest BCUT2D eigenvalue weighted by atomic mass is 32.2. The standard InChI is InChI=1S/C18H22N4O5S/c1-20-9-11-21(12-10-20)16-6-4-3-5-15(16)19-28(25,26)14-7-8-18(27-2)17(13-14)22(23)24/h3-8,13,19H,9-12H2,1-2H3/p+1. The maximum atomic E-state index is 12.9. The summed E-state index contributed by atoms with van der Waals surface area (Å²) in [6.45, 7) is 3.56. The van der Waals surface area contributed by atoms with Gasteiger partial charge in [0.15, 0.2) is 5.75 Å². The number of ether oxygens (including phenoxy) is 1. The van der Waals surface area contributed by atoms with E-state index in [1.54, 1.807) is 12.1 Å². The van der Waals surface area contributed by atoms with Crippen molar-refractivity contribution in [3.05, 3.63) is 52.6 Å². The first-order chi connectivity index (χ1) is 13.3. The second kappa shape index (κ2) is 8.03. The maximum absolute atomic E-state index is 12.9. The lowest BCUT2D eigenvalue weighted by Crippen LogP contribution is -3.12. The Kier molecular flexibility index (Phi) is 5.71. The Balaban J connectivity index is 1.91. The molecule has 0 unspecified atom stereocenters. The van der Waals surface area contributed by atoms with E-state index in [0.29, 0.717) is 5.69 Å². The predicted octanol–water partition coefficient (Wildman–Crippen LogP) is 0.739. The van der Waals surface area contributed by atoms with Crippen molar-refractivity contribution in [2.75, 3.05) is 50.0 Å². The molecule has 0 atom stereocenters. The third-order valence-electron chi connectivity index (χ3n) is 4.76. The van der Waals surface area contributed by atoms with Crippen LogP contribution in [0.3, 0.4) is 0 Å². The molecule has 0 amide bonds. The number of nitro groups is 1. The Morgan fingerprint density at radius 2 is 1.86 bits per heavy atom. The highest BCUT2D eigenvalue weighted by Crippen LogP contribution is 2.32. The number of quaternary nitrogens is 1. The van der Waals surface area contributed by atoms with Crippen LogP contribution in [0, 0.1) is 10.1 Å². The van der Waals surface area contributed by atoms with E-state index in [1.807, 2.05) is 12.1 Å². The van der Waals surface area contributed by atoms with Gasteiger partial charge in [-0.05, 0) is 24.3 Å². The summed E-state index contributed by atoms with van der Waals surface area (Å²) in [7, 11) is -0.586. The molecule has 0 aliphatic carbocycles. The number of piperazine rings is 1. The number of nitro benzene ring substituents is 1. The number of nitrogens with one attached hydrogen (secondary N) is 2. The van der Waals surface area contributed by atoms with Gasteiger partial charge in [-0.2, -0.15) is 0 Å². The van der Waals surface area contributed by atoms with Gasteiger partial charge in [0.1, 0.15) is 0 Å². The number of likely N-dealkylation sites (N-methyl/N-ethyl adjacent to an activating group) is 1. The second-order valence-corrected chi connectivity index (χ2v) is 8.34. The number of rotatable bonds is 6. The van der Waals surface area contributed by atoms with E-state index in [2.05, 4.69) is 16.7 Å². The van der Waals surface area contributed by atoms with Gasteiger partial charge >= 0.3 is 5.69 Å². The summed E-state index contributed by atoms with van der Waals surface area (Å²) in [6.07, 6.45) is 0. The number of anilines is 2. The summed E-state index contributed by atoms with van der Waals surface area (Å²) < 4.78 is 33.2. The Morgan fingerprint density at radius 3 is 2.50 bits per heavy atom. The largest absolute Gasteiger partial charge is 0.490 e. The second-order valence-electron chi connectivity index (χ2n) is 6.66. The number of hydrogen-bond donors (Lipinski definition) is 2. The molecular weight excluding hydrogens is 384 g/mol. The predicted molar refractivity (Wildman–Crippen MR) is 106 cm³/mol. The van der Waals surface area contributed by atoms with Crippen LogP contribution in [0.25, 0.3) is 0 Å². The fraction of sp³-hybridized carbons (Fsp3) is 0.333. The Bertz CT molecular complexity index is 972. The van der Waals surface area contributed by atoms with Crippen LogP contribution >= 0.6 is 0 Å². The van der Waals surface area contributed by atoms with Crippen LogP contribution in [-0.2, 0) is 10.0 Å². The molecule has 10 heteroatoms. The van der Waals surface area contributed by atoms with Crippen molar-refractivity contribution in [2.45, 2.75) is 4.90 Å². The minimum absolute atomic E-state index is 0.00397. The molecule has 0 radical (unpaired) electrons. The van der Waals surface area contributed by atoms with Crippen molar-refractivity contribution in [1.82, 2.24) is 0 Å². The molecule has 2 aromatic carbocycles. The molecule has 0 saturated carbocycles. The fourth-order valence-electron chi connectivity index (χ4n) is 3.15. The molecule has 1 fully saturated rings. The van der Waals surface area contributed by atoms with Gasteiger partial charge in [0.05, 0.1) is 61.5 Å². The molecule has 28 heavy (non-hydrogen) atoms. The SMILES string of the molecule is COc1ccc(S(=O)(=O)Nc2ccccc2N2CC[NH+](C)CC2)cc1[N+](=O)[O-]. The van der Waals surface area contributed by atoms with Crippen molar-refractivity contribution in [1.29, 1.82) is 0 Å². The Morgan fingerprint density at radius 1 is 1.18 bits per heavy atom. The van der Waals surface area contributed by atoms with Crippen LogP contribution in [0.4, 0.5) is 17.1 Å². The van der Waals surface area contributed by atoms with Crippen molar-refractivity contribution >= 4 is 27.1 Å². The van der Waals surface area contributed by atoms with Gasteiger partial charge in [-0.3, -0.25) is 14.8 Å². The average molecular weight is 407 g/mol. The highest BCUT2D eigenvalue weighted by Gasteiger charge is 2.24. The van der Waals surface area contributed by atoms with Gasteiger partial charge < -0.3 is 14.5 Å². The van der Waals surface area contributed by atoms with Crippen LogP contribution in [0.2, 0.25) is 0 Å². The van der Waals surface area contributed by atoms with Gasteiger partial charge in [-0.25, -0.2) is 8.42 Å². The highest BCUT2D eigenvalue weighted by molar-refractivity contribution is 7.92. The van der Waals surface area contributed by atoms with Crippen LogP contribution in [0.1, 0.15) is 0 Å². The van der Waals surface area contributed by atoms with Crippen molar-refractivity contribution in [2.24, 2.45) is 0 Å². The van der Waals surface area contributed by atoms with Crippen LogP contribution < -0.4 is 19.3 Å². The van der Waals surface area contributed by atoms with Gasteiger partial charge in [-0.15, -0.1) is 0 Å². The molecule has 0 aromatic heterocycles. The maximum Gasteiger partial charge on any atom is 0.312 e. The topological polar surface area (TPSA) is 106 Å². The van der Waals surface area contributed by atoms with E-state index < -0.39 is 20.6 Å². The molecule has 0 spiro atoms. The lowest BCUT2D eigenvalue weighted by molar-refractivity contribution is -0.880. The number of sulfonamides is 1. The van der Waals surface area contributed by atoms with Gasteiger partial charge in [0.25, 0.3) is 10.0 Å². The summed E-state index contributed by atoms with van der Waals surface area (Å²) in [5.41, 5.74) is 0.836. The van der Waals surface area contributed by atoms with E-state index in [9.17, 15) is 18.5 Å². The summed E-state index contributed by atoms with van der Waals surface area (Å²) in [5.74, 6) is 0.00397. The summed E-state index contributed by atoms with van der Waals surface area (Å²) in [4.78, 5) is 13.9. The molecule has 0 bridgehead atoms. The Hall–Kier alpha value is -2.85. The van der Waals surface area contributed by atoms with Gasteiger partial charge in [0.2, 0.25) is 0 Å². The zero-order chi connectivity index (χ0) is 20.3. The fourth-order valence-corrected chi connectivity index (χ4v) is 4.24. The normalized spacial score (nSPS) is 15.3. The molecule has 150 valence electrons. The lowest BCUT2D eigenvalue weighted by Gasteiger charge is -2.33. The van der Waals surface area contributed by atoms with Crippen LogP contribution in [-0.4, -0.2) is 53.7 Å². The van der Waals surface area contributed by atoms with Crippen LogP contribution in [0.15, 0.2) is 47.4 Å². The quantitative estimate of drug-likeness (QED) is 0.540. The van der Waals surface area contributed by atoms with E-state index in [4.69, 9.17) is 4.74 Å². The molecule has 1 aliphatic rings. The summed E-state index contributed by atoms with van der Waals surface area (Å²) in [6, 6.07) is 10.7. The molecule has 3 rings (SSSR count). The van der Waals surface area contributed by atoms with E-state index in [0.717, 1.165) is 37.9 Å². The number of benzene rings is 2. The zero-order valence-electron chi connectivity index (χ0n) is 15.7. The van der Waals surface area contributed by atoms with Gasteiger partial charge in [-0.1, -0.05) is 12.1 Å². The van der Waals surface area contributed by atoms with Crippen molar-refractivity contribution < 1.29 is 23.0 Å². The summed E-state index contributed by atoms with van der Waals surface area (Å²) in [5, 5.41) is 11.2. The lowest BCUT2D eigenvalue weighted by atomic mass is 10.2. The number of nitrogens with zero attached hydrogens (tertiary/aromatic N) is 2. The Labute approximate surface area is 163 Å². The monoisotopic (exact) mass is 407 g/mol. The molecule has 9 nitrogen and oxygen atoms in total. The molecule has 1 heterocycles. The minimum Gasteiger partial charge on any atom is -0.490 e. The third kappa shape index (κ3) is 4.18. The molecular formula is C18H23N4O5S+. The summed E-state index contributed by atoms with van der Waals surface area (Å²) >= 11 is 0. The van der Waals surface area contributed by atoms with Crippen LogP contribution in [0.5, 0.6) is 5.75 Å². The first kappa shape index (κ1) is 19.9. The number of hydrogen-bond acceptors (Lipinski definition) is 6. The van der Waals surface area contributed by atoms with E-state index in [-0.39, 0.29) is 10.6 Å². The molecule has 2 N–H and O–H groups in total. The number of para-hydroxylation sites is 2. The number of methoxy groups -OCH3 is 1. The third-order valence-corrected chi connectivity index (χ3v) is 6.13. The first-order valence-electron chi connectivity index (χ1n) is 8.82. The smallest absolute Gasteiger partial charge is 0.312 e. The molecule has 1 aliphatic heterocycles. The van der Waals surface area contributed by atoms with Gasteiger partial charge in [0, 0.05) is 6.07 Å². The van der Waals surface area contributed by atoms with Crippen molar-refractivity contribution in [3.63, 3.8) is 0 Å². The van der Waals surface area contributed by atoms with Crippen molar-refractivity contribution in [3.8, 4) is 5.75 Å². The van der Waals surface area contributed by atoms with E-state index >= 15 is 0 Å². The molecule has 2 aromatic rings. The average Bonchev–Trinajstić information content (AvgIpc) is 2.68.